The minimum atomic E-state index is -0.0127. The molecular formula is C14H21N5O3. The van der Waals surface area contributed by atoms with Crippen molar-refractivity contribution in [2.45, 2.75) is 33.6 Å². The van der Waals surface area contributed by atoms with Crippen molar-refractivity contribution in [3.05, 3.63) is 22.6 Å². The summed E-state index contributed by atoms with van der Waals surface area (Å²) in [7, 11) is 1.91. The van der Waals surface area contributed by atoms with Crippen molar-refractivity contribution >= 4 is 5.91 Å². The van der Waals surface area contributed by atoms with E-state index in [1.54, 1.807) is 6.92 Å². The van der Waals surface area contributed by atoms with Crippen molar-refractivity contribution in [3.8, 4) is 5.88 Å². The minimum Gasteiger partial charge on any atom is -0.472 e. The number of aryl methyl sites for hydroxylation is 3. The smallest absolute Gasteiger partial charge is 0.278 e. The fourth-order valence-corrected chi connectivity index (χ4v) is 2.20. The summed E-state index contributed by atoms with van der Waals surface area (Å²) < 4.78 is 11.7. The van der Waals surface area contributed by atoms with Crippen LogP contribution in [0, 0.1) is 20.8 Å². The zero-order valence-corrected chi connectivity index (χ0v) is 13.3. The molecule has 8 heteroatoms. The van der Waals surface area contributed by atoms with Crippen molar-refractivity contribution in [1.82, 2.24) is 25.4 Å². The Kier molecular flexibility index (Phi) is 5.13. The molecule has 0 aliphatic heterocycles. The Hall–Kier alpha value is -2.38. The first kappa shape index (κ1) is 16.0. The molecule has 0 aromatic carbocycles. The number of aromatic nitrogens is 4. The lowest BCUT2D eigenvalue weighted by Gasteiger charge is -2.06. The van der Waals surface area contributed by atoms with Gasteiger partial charge >= 0.3 is 0 Å². The fourth-order valence-electron chi connectivity index (χ4n) is 2.20. The van der Waals surface area contributed by atoms with Gasteiger partial charge in [0, 0.05) is 19.2 Å². The molecule has 8 nitrogen and oxygen atoms in total. The van der Waals surface area contributed by atoms with Gasteiger partial charge in [0.15, 0.2) is 0 Å². The van der Waals surface area contributed by atoms with E-state index in [0.717, 1.165) is 17.0 Å². The number of hydrogen-bond acceptors (Lipinski definition) is 6. The quantitative estimate of drug-likeness (QED) is 0.762. The summed E-state index contributed by atoms with van der Waals surface area (Å²) in [5.41, 5.74) is 3.81. The maximum absolute atomic E-state index is 11.8. The van der Waals surface area contributed by atoms with Gasteiger partial charge in [0.25, 0.3) is 5.88 Å². The number of amides is 1. The van der Waals surface area contributed by atoms with Crippen molar-refractivity contribution in [3.63, 3.8) is 0 Å². The van der Waals surface area contributed by atoms with Crippen LogP contribution in [0.15, 0.2) is 4.63 Å². The first-order chi connectivity index (χ1) is 10.5. The Bertz CT molecular complexity index is 647. The van der Waals surface area contributed by atoms with Crippen molar-refractivity contribution in [2.75, 3.05) is 13.2 Å². The van der Waals surface area contributed by atoms with Gasteiger partial charge in [-0.3, -0.25) is 9.48 Å². The maximum Gasteiger partial charge on any atom is 0.278 e. The number of nitrogens with one attached hydrogen (secondary N) is 1. The molecule has 0 atom stereocenters. The Morgan fingerprint density at radius 2 is 2.05 bits per heavy atom. The highest BCUT2D eigenvalue weighted by molar-refractivity contribution is 5.76. The lowest BCUT2D eigenvalue weighted by molar-refractivity contribution is -0.121. The molecule has 0 spiro atoms. The Balaban J connectivity index is 1.69. The van der Waals surface area contributed by atoms with Gasteiger partial charge in [-0.25, -0.2) is 4.63 Å². The molecular weight excluding hydrogens is 286 g/mol. The van der Waals surface area contributed by atoms with Gasteiger partial charge in [0.1, 0.15) is 12.3 Å². The molecule has 120 valence electrons. The van der Waals surface area contributed by atoms with Crippen molar-refractivity contribution in [2.24, 2.45) is 7.05 Å². The van der Waals surface area contributed by atoms with Gasteiger partial charge in [0.05, 0.1) is 12.2 Å². The van der Waals surface area contributed by atoms with Gasteiger partial charge in [-0.1, -0.05) is 5.16 Å². The summed E-state index contributed by atoms with van der Waals surface area (Å²) in [5, 5.41) is 14.4. The average Bonchev–Trinajstić information content (AvgIpc) is 2.98. The second kappa shape index (κ2) is 7.06. The lowest BCUT2D eigenvalue weighted by Crippen LogP contribution is -2.28. The van der Waals surface area contributed by atoms with Crippen molar-refractivity contribution in [1.29, 1.82) is 0 Å². The summed E-state index contributed by atoms with van der Waals surface area (Å²) in [6.07, 6.45) is 1.11. The van der Waals surface area contributed by atoms with Crippen LogP contribution in [0.4, 0.5) is 0 Å². The summed E-state index contributed by atoms with van der Waals surface area (Å²) in [6.45, 7) is 6.45. The molecule has 0 saturated carbocycles. The van der Waals surface area contributed by atoms with E-state index >= 15 is 0 Å². The number of rotatable bonds is 7. The van der Waals surface area contributed by atoms with Crippen molar-refractivity contribution < 1.29 is 14.2 Å². The Morgan fingerprint density at radius 1 is 1.27 bits per heavy atom. The molecule has 2 heterocycles. The third-order valence-corrected chi connectivity index (χ3v) is 3.53. The molecule has 1 N–H and O–H groups in total. The molecule has 2 aromatic rings. The molecule has 2 rings (SSSR count). The number of ether oxygens (including phenoxy) is 1. The van der Waals surface area contributed by atoms with E-state index in [2.05, 4.69) is 25.4 Å². The monoisotopic (exact) mass is 307 g/mol. The first-order valence-corrected chi connectivity index (χ1v) is 7.16. The van der Waals surface area contributed by atoms with Crippen LogP contribution in [0.2, 0.25) is 0 Å². The molecule has 0 saturated heterocycles. The summed E-state index contributed by atoms with van der Waals surface area (Å²) in [5.74, 6) is 0.345. The fraction of sp³-hybridized carbons (Fsp3) is 0.571. The zero-order chi connectivity index (χ0) is 16.1. The largest absolute Gasteiger partial charge is 0.472 e. The number of carbonyl (C=O) groups excluding carboxylic acids is 1. The van der Waals surface area contributed by atoms with E-state index in [-0.39, 0.29) is 5.91 Å². The first-order valence-electron chi connectivity index (χ1n) is 7.16. The molecule has 1 amide bonds. The standard InChI is InChI=1S/C14H21N5O3/c1-9-12(11(3)19(4)16-9)5-6-13(20)15-7-8-21-14-10(2)17-22-18-14/h5-8H2,1-4H3,(H,15,20). The van der Waals surface area contributed by atoms with Gasteiger partial charge in [-0.15, -0.1) is 0 Å². The molecule has 0 aliphatic carbocycles. The molecule has 0 unspecified atom stereocenters. The number of hydrogen-bond donors (Lipinski definition) is 1. The predicted octanol–water partition coefficient (Wildman–Crippen LogP) is 0.856. The topological polar surface area (TPSA) is 95.1 Å². The van der Waals surface area contributed by atoms with Crippen LogP contribution in [-0.4, -0.2) is 39.2 Å². The van der Waals surface area contributed by atoms with Crippen LogP contribution < -0.4 is 10.1 Å². The Morgan fingerprint density at radius 3 is 2.64 bits per heavy atom. The van der Waals surface area contributed by atoms with Crippen LogP contribution in [0.1, 0.15) is 29.1 Å². The molecule has 22 heavy (non-hydrogen) atoms. The second-order valence-electron chi connectivity index (χ2n) is 5.13. The van der Waals surface area contributed by atoms with Gasteiger partial charge in [0.2, 0.25) is 5.91 Å². The van der Waals surface area contributed by atoms with E-state index in [1.165, 1.54) is 0 Å². The average molecular weight is 307 g/mol. The second-order valence-corrected chi connectivity index (χ2v) is 5.13. The van der Waals surface area contributed by atoms with Gasteiger partial charge < -0.3 is 10.1 Å². The summed E-state index contributed by atoms with van der Waals surface area (Å²) in [4.78, 5) is 11.8. The maximum atomic E-state index is 11.8. The third-order valence-electron chi connectivity index (χ3n) is 3.53. The van der Waals surface area contributed by atoms with E-state index in [4.69, 9.17) is 4.74 Å². The predicted molar refractivity (Wildman–Crippen MR) is 78.5 cm³/mol. The van der Waals surface area contributed by atoms with Gasteiger partial charge in [-0.2, -0.15) is 5.10 Å². The summed E-state index contributed by atoms with van der Waals surface area (Å²) in [6, 6.07) is 0. The Labute approximate surface area is 128 Å². The highest BCUT2D eigenvalue weighted by atomic mass is 16.6. The van der Waals surface area contributed by atoms with Crippen LogP contribution in [-0.2, 0) is 18.3 Å². The molecule has 0 aliphatic rings. The molecule has 2 aromatic heterocycles. The summed E-state index contributed by atoms with van der Waals surface area (Å²) >= 11 is 0. The van der Waals surface area contributed by atoms with Crippen LogP contribution in [0.5, 0.6) is 5.88 Å². The third kappa shape index (κ3) is 3.84. The zero-order valence-electron chi connectivity index (χ0n) is 13.3. The normalized spacial score (nSPS) is 10.7. The van der Waals surface area contributed by atoms with E-state index in [9.17, 15) is 4.79 Å². The number of carbonyl (C=O) groups is 1. The molecule has 0 radical (unpaired) electrons. The number of nitrogens with zero attached hydrogens (tertiary/aromatic N) is 4. The lowest BCUT2D eigenvalue weighted by atomic mass is 10.1. The van der Waals surface area contributed by atoms with E-state index in [0.29, 0.717) is 37.6 Å². The van der Waals surface area contributed by atoms with Gasteiger partial charge in [-0.05, 0) is 37.9 Å². The highest BCUT2D eigenvalue weighted by Gasteiger charge is 2.11. The molecule has 0 fully saturated rings. The minimum absolute atomic E-state index is 0.0127. The van der Waals surface area contributed by atoms with Crippen LogP contribution in [0.25, 0.3) is 0 Å². The van der Waals surface area contributed by atoms with Crippen LogP contribution in [0.3, 0.4) is 0 Å². The highest BCUT2D eigenvalue weighted by Crippen LogP contribution is 2.14. The SMILES string of the molecule is Cc1nonc1OCCNC(=O)CCc1c(C)nn(C)c1C. The van der Waals surface area contributed by atoms with E-state index in [1.807, 2.05) is 25.6 Å². The van der Waals surface area contributed by atoms with E-state index < -0.39 is 0 Å². The van der Waals surface area contributed by atoms with Crippen LogP contribution >= 0.6 is 0 Å². The molecule has 0 bridgehead atoms.